The summed E-state index contributed by atoms with van der Waals surface area (Å²) >= 11 is 0.976. The number of benzene rings is 2. The number of hydrogen-bond donors (Lipinski definition) is 0. The van der Waals surface area contributed by atoms with E-state index in [9.17, 15) is 22.8 Å². The first-order valence-electron chi connectivity index (χ1n) is 8.46. The van der Waals surface area contributed by atoms with Gasteiger partial charge in [0.25, 0.3) is 0 Å². The summed E-state index contributed by atoms with van der Waals surface area (Å²) in [5.74, 6) is -2.29. The molecule has 0 radical (unpaired) electrons. The molecule has 156 valence electrons. The summed E-state index contributed by atoms with van der Waals surface area (Å²) in [4.78, 5) is 23.5. The van der Waals surface area contributed by atoms with E-state index in [0.29, 0.717) is 15.5 Å². The van der Waals surface area contributed by atoms with Crippen molar-refractivity contribution in [2.45, 2.75) is 20.2 Å². The van der Waals surface area contributed by atoms with Crippen LogP contribution in [0.4, 0.5) is 13.2 Å². The summed E-state index contributed by atoms with van der Waals surface area (Å²) in [7, 11) is 0. The highest BCUT2D eigenvalue weighted by Crippen LogP contribution is 2.46. The Labute approximate surface area is 173 Å². The van der Waals surface area contributed by atoms with Crippen LogP contribution in [0.25, 0.3) is 20.2 Å². The molecule has 0 spiro atoms. The Morgan fingerprint density at radius 1 is 0.933 bits per heavy atom. The van der Waals surface area contributed by atoms with E-state index in [2.05, 4.69) is 17.9 Å². The molecule has 0 bridgehead atoms. The summed E-state index contributed by atoms with van der Waals surface area (Å²) in [5.41, 5.74) is 0.227. The van der Waals surface area contributed by atoms with Crippen molar-refractivity contribution in [3.05, 3.63) is 54.6 Å². The lowest BCUT2D eigenvalue weighted by molar-refractivity contribution is -0.274. The molecule has 0 aliphatic carbocycles. The van der Waals surface area contributed by atoms with Gasteiger partial charge in [0.2, 0.25) is 0 Å². The van der Waals surface area contributed by atoms with Gasteiger partial charge >= 0.3 is 18.3 Å². The summed E-state index contributed by atoms with van der Waals surface area (Å²) in [5, 5.41) is 1.08. The van der Waals surface area contributed by atoms with Crippen LogP contribution in [-0.2, 0) is 9.59 Å². The third-order valence-corrected chi connectivity index (χ3v) is 5.03. The number of carbonyl (C=O) groups excluding carboxylic acids is 2. The van der Waals surface area contributed by atoms with Crippen molar-refractivity contribution in [2.75, 3.05) is 0 Å². The van der Waals surface area contributed by atoms with Gasteiger partial charge in [0.1, 0.15) is 5.75 Å². The molecule has 1 aromatic heterocycles. The van der Waals surface area contributed by atoms with Gasteiger partial charge < -0.3 is 14.2 Å². The number of fused-ring (bicyclic) bond motifs is 3. The zero-order valence-electron chi connectivity index (χ0n) is 15.9. The number of alkyl halides is 3. The van der Waals surface area contributed by atoms with Gasteiger partial charge in [-0.25, -0.2) is 9.59 Å². The van der Waals surface area contributed by atoms with Crippen molar-refractivity contribution in [1.82, 2.24) is 0 Å². The van der Waals surface area contributed by atoms with Crippen LogP contribution >= 0.6 is 11.3 Å². The molecule has 0 unspecified atom stereocenters. The minimum atomic E-state index is -5.00. The molecule has 3 aromatic rings. The molecule has 5 nitrogen and oxygen atoms in total. The summed E-state index contributed by atoms with van der Waals surface area (Å²) < 4.78 is 54.2. The molecule has 0 N–H and O–H groups in total. The van der Waals surface area contributed by atoms with E-state index in [4.69, 9.17) is 9.47 Å². The molecule has 1 heterocycles. The van der Waals surface area contributed by atoms with E-state index in [-0.39, 0.29) is 27.3 Å². The molecule has 0 saturated heterocycles. The normalized spacial score (nSPS) is 11.4. The van der Waals surface area contributed by atoms with Gasteiger partial charge in [-0.15, -0.1) is 24.5 Å². The Morgan fingerprint density at radius 3 is 2.13 bits per heavy atom. The standard InChI is InChI=1S/C21H15F3O5S/c1-10(2)19(25)27-12-5-6-13-14-7-8-15(28-20(26)11(3)4)17(29-21(22,23)24)18(14)30-16(13)9-12/h5-9H,1,3H2,2,4H3. The van der Waals surface area contributed by atoms with Crippen LogP contribution in [0.15, 0.2) is 54.6 Å². The molecule has 2 aromatic carbocycles. The third-order valence-electron chi connectivity index (χ3n) is 3.86. The van der Waals surface area contributed by atoms with E-state index >= 15 is 0 Å². The smallest absolute Gasteiger partial charge is 0.423 e. The fourth-order valence-corrected chi connectivity index (χ4v) is 3.72. The van der Waals surface area contributed by atoms with Crippen LogP contribution in [0.1, 0.15) is 13.8 Å². The zero-order valence-corrected chi connectivity index (χ0v) is 16.7. The van der Waals surface area contributed by atoms with Gasteiger partial charge in [0.15, 0.2) is 11.5 Å². The van der Waals surface area contributed by atoms with Crippen LogP contribution in [0, 0.1) is 0 Å². The average Bonchev–Trinajstić information content (AvgIpc) is 3.00. The van der Waals surface area contributed by atoms with E-state index in [0.717, 1.165) is 11.3 Å². The van der Waals surface area contributed by atoms with Crippen molar-refractivity contribution in [2.24, 2.45) is 0 Å². The van der Waals surface area contributed by atoms with Gasteiger partial charge in [-0.3, -0.25) is 0 Å². The van der Waals surface area contributed by atoms with Crippen molar-refractivity contribution in [3.63, 3.8) is 0 Å². The van der Waals surface area contributed by atoms with Gasteiger partial charge in [-0.2, -0.15) is 0 Å². The predicted octanol–water partition coefficient (Wildman–Crippen LogP) is 5.92. The van der Waals surface area contributed by atoms with Gasteiger partial charge in [0.05, 0.1) is 4.70 Å². The first kappa shape index (κ1) is 21.4. The first-order valence-corrected chi connectivity index (χ1v) is 9.28. The second-order valence-corrected chi connectivity index (χ2v) is 7.47. The number of halogens is 3. The molecule has 0 aliphatic rings. The van der Waals surface area contributed by atoms with Gasteiger partial charge in [-0.05, 0) is 44.2 Å². The molecule has 0 fully saturated rings. The minimum Gasteiger partial charge on any atom is -0.423 e. The van der Waals surface area contributed by atoms with Gasteiger partial charge in [-0.1, -0.05) is 13.2 Å². The molecule has 0 amide bonds. The van der Waals surface area contributed by atoms with E-state index in [1.54, 1.807) is 6.07 Å². The molecule has 30 heavy (non-hydrogen) atoms. The Balaban J connectivity index is 2.16. The molecular formula is C21H15F3O5S. The molecule has 0 saturated carbocycles. The highest BCUT2D eigenvalue weighted by atomic mass is 32.1. The summed E-state index contributed by atoms with van der Waals surface area (Å²) in [6.45, 7) is 9.78. The lowest BCUT2D eigenvalue weighted by atomic mass is 10.1. The van der Waals surface area contributed by atoms with Crippen molar-refractivity contribution in [1.29, 1.82) is 0 Å². The maximum Gasteiger partial charge on any atom is 0.573 e. The number of esters is 2. The predicted molar refractivity (Wildman–Crippen MR) is 107 cm³/mol. The summed E-state index contributed by atoms with van der Waals surface area (Å²) in [6.07, 6.45) is -5.00. The minimum absolute atomic E-state index is 0.0216. The second kappa shape index (κ2) is 7.83. The van der Waals surface area contributed by atoms with Crippen LogP contribution in [0.3, 0.4) is 0 Å². The fourth-order valence-electron chi connectivity index (χ4n) is 2.51. The Kier molecular flexibility index (Phi) is 5.58. The maximum absolute atomic E-state index is 13.0. The molecule has 9 heteroatoms. The van der Waals surface area contributed by atoms with Crippen molar-refractivity contribution >= 4 is 43.4 Å². The maximum atomic E-state index is 13.0. The van der Waals surface area contributed by atoms with E-state index < -0.39 is 24.1 Å². The highest BCUT2D eigenvalue weighted by molar-refractivity contribution is 7.26. The number of thiophene rings is 1. The fraction of sp³-hybridized carbons (Fsp3) is 0.143. The highest BCUT2D eigenvalue weighted by Gasteiger charge is 2.34. The lowest BCUT2D eigenvalue weighted by Gasteiger charge is -2.14. The number of ether oxygens (including phenoxy) is 3. The Morgan fingerprint density at radius 2 is 1.53 bits per heavy atom. The van der Waals surface area contributed by atoms with Crippen LogP contribution in [0.5, 0.6) is 17.2 Å². The van der Waals surface area contributed by atoms with E-state index in [1.807, 2.05) is 0 Å². The number of hydrogen-bond acceptors (Lipinski definition) is 6. The number of carbonyl (C=O) groups is 2. The average molecular weight is 436 g/mol. The van der Waals surface area contributed by atoms with Crippen LogP contribution in [0.2, 0.25) is 0 Å². The van der Waals surface area contributed by atoms with Crippen LogP contribution < -0.4 is 14.2 Å². The largest absolute Gasteiger partial charge is 0.573 e. The molecule has 0 atom stereocenters. The van der Waals surface area contributed by atoms with Crippen molar-refractivity contribution < 1.29 is 37.0 Å². The van der Waals surface area contributed by atoms with Gasteiger partial charge in [0, 0.05) is 26.6 Å². The molecular weight excluding hydrogens is 421 g/mol. The van der Waals surface area contributed by atoms with Crippen molar-refractivity contribution in [3.8, 4) is 17.2 Å². The SMILES string of the molecule is C=C(C)C(=O)Oc1ccc2c(c1)sc1c(OC(F)(F)F)c(OC(=O)C(=C)C)ccc12. The van der Waals surface area contributed by atoms with Crippen LogP contribution in [-0.4, -0.2) is 18.3 Å². The third kappa shape index (κ3) is 4.46. The molecule has 3 rings (SSSR count). The molecule has 0 aliphatic heterocycles. The summed E-state index contributed by atoms with van der Waals surface area (Å²) in [6, 6.07) is 7.42. The monoisotopic (exact) mass is 436 g/mol. The topological polar surface area (TPSA) is 61.8 Å². The Bertz CT molecular complexity index is 1210. The van der Waals surface area contributed by atoms with E-state index in [1.165, 1.54) is 38.1 Å². The lowest BCUT2D eigenvalue weighted by Crippen LogP contribution is -2.18. The Hall–Kier alpha value is -3.33. The number of rotatable bonds is 5. The quantitative estimate of drug-likeness (QED) is 0.282. The first-order chi connectivity index (χ1) is 14.0. The zero-order chi connectivity index (χ0) is 22.2. The second-order valence-electron chi connectivity index (χ2n) is 6.42.